The molecular formula is C16H23FN2O2. The third-order valence-electron chi connectivity index (χ3n) is 2.65. The van der Waals surface area contributed by atoms with Crippen LogP contribution in [0, 0.1) is 0 Å². The van der Waals surface area contributed by atoms with E-state index in [4.69, 9.17) is 10.5 Å². The Balaban J connectivity index is 2.82. The average molecular weight is 294 g/mol. The predicted octanol–water partition coefficient (Wildman–Crippen LogP) is 2.80. The van der Waals surface area contributed by atoms with Gasteiger partial charge in [-0.05, 0) is 51.4 Å². The fourth-order valence-corrected chi connectivity index (χ4v) is 1.70. The normalized spacial score (nSPS) is 12.1. The molecule has 5 heteroatoms. The summed E-state index contributed by atoms with van der Waals surface area (Å²) in [4.78, 5) is 12.2. The molecular weight excluding hydrogens is 271 g/mol. The monoisotopic (exact) mass is 294 g/mol. The molecule has 0 saturated heterocycles. The maximum absolute atomic E-state index is 12.7. The molecule has 0 saturated carbocycles. The van der Waals surface area contributed by atoms with Gasteiger partial charge in [0.25, 0.3) is 5.91 Å². The van der Waals surface area contributed by atoms with E-state index in [1.165, 1.54) is 0 Å². The van der Waals surface area contributed by atoms with Gasteiger partial charge in [-0.15, -0.1) is 0 Å². The van der Waals surface area contributed by atoms with Gasteiger partial charge in [-0.25, -0.2) is 4.39 Å². The molecule has 0 aromatic heterocycles. The maximum Gasteiger partial charge on any atom is 0.255 e. The molecule has 1 aromatic rings. The van der Waals surface area contributed by atoms with Gasteiger partial charge in [-0.3, -0.25) is 4.79 Å². The lowest BCUT2D eigenvalue weighted by Crippen LogP contribution is -2.40. The van der Waals surface area contributed by atoms with Crippen molar-refractivity contribution >= 4 is 5.91 Å². The highest BCUT2D eigenvalue weighted by Crippen LogP contribution is 2.20. The first kappa shape index (κ1) is 17.2. The van der Waals surface area contributed by atoms with Gasteiger partial charge < -0.3 is 15.8 Å². The average Bonchev–Trinajstić information content (AvgIpc) is 2.42. The van der Waals surface area contributed by atoms with Crippen molar-refractivity contribution in [2.45, 2.75) is 32.7 Å². The zero-order valence-electron chi connectivity index (χ0n) is 12.8. The third kappa shape index (κ3) is 5.95. The Hall–Kier alpha value is -1.88. The number of carbonyl (C=O) groups excluding carboxylic acids is 1. The fourth-order valence-electron chi connectivity index (χ4n) is 1.70. The maximum atomic E-state index is 12.7. The Kier molecular flexibility index (Phi) is 6.37. The summed E-state index contributed by atoms with van der Waals surface area (Å²) < 4.78 is 18.2. The van der Waals surface area contributed by atoms with Crippen molar-refractivity contribution in [3.05, 3.63) is 41.7 Å². The summed E-state index contributed by atoms with van der Waals surface area (Å²) in [5.74, 6) is 0.207. The van der Waals surface area contributed by atoms with Crippen LogP contribution in [0.5, 0.6) is 5.75 Å². The van der Waals surface area contributed by atoms with E-state index in [9.17, 15) is 9.18 Å². The van der Waals surface area contributed by atoms with Crippen LogP contribution in [0.4, 0.5) is 4.39 Å². The Bertz CT molecular complexity index is 507. The quantitative estimate of drug-likeness (QED) is 0.848. The number of para-hydroxylation sites is 1. The van der Waals surface area contributed by atoms with Crippen molar-refractivity contribution < 1.29 is 13.9 Å². The third-order valence-corrected chi connectivity index (χ3v) is 2.65. The van der Waals surface area contributed by atoms with E-state index in [-0.39, 0.29) is 18.1 Å². The lowest BCUT2D eigenvalue weighted by Gasteiger charge is -2.21. The number of nitrogens with one attached hydrogen (secondary N) is 1. The number of amides is 1. The molecule has 1 amide bonds. The highest BCUT2D eigenvalue weighted by atomic mass is 19.1. The van der Waals surface area contributed by atoms with Gasteiger partial charge in [-0.2, -0.15) is 0 Å². The van der Waals surface area contributed by atoms with Crippen molar-refractivity contribution in [3.8, 4) is 5.75 Å². The van der Waals surface area contributed by atoms with Gasteiger partial charge in [0.15, 0.2) is 0 Å². The van der Waals surface area contributed by atoms with Gasteiger partial charge in [0.1, 0.15) is 12.4 Å². The zero-order valence-corrected chi connectivity index (χ0v) is 12.8. The molecule has 0 atom stereocenters. The molecule has 0 fully saturated rings. The predicted molar refractivity (Wildman–Crippen MR) is 82.0 cm³/mol. The molecule has 0 aliphatic heterocycles. The van der Waals surface area contributed by atoms with Crippen LogP contribution in [0.25, 0.3) is 0 Å². The van der Waals surface area contributed by atoms with E-state index < -0.39 is 0 Å². The Morgan fingerprint density at radius 3 is 2.62 bits per heavy atom. The second-order valence-corrected chi connectivity index (χ2v) is 5.79. The van der Waals surface area contributed by atoms with Crippen LogP contribution < -0.4 is 15.8 Å². The SMILES string of the molecule is CC(C)(C)NC(=O)c1ccccc1OC/C(=C/F)CCN. The van der Waals surface area contributed by atoms with Gasteiger partial charge in [0, 0.05) is 5.54 Å². The van der Waals surface area contributed by atoms with Gasteiger partial charge in [-0.1, -0.05) is 12.1 Å². The number of rotatable bonds is 6. The molecule has 1 rings (SSSR count). The fraction of sp³-hybridized carbons (Fsp3) is 0.438. The van der Waals surface area contributed by atoms with Crippen molar-refractivity contribution in [2.75, 3.05) is 13.2 Å². The molecule has 4 nitrogen and oxygen atoms in total. The van der Waals surface area contributed by atoms with Gasteiger partial charge >= 0.3 is 0 Å². The summed E-state index contributed by atoms with van der Waals surface area (Å²) in [7, 11) is 0. The summed E-state index contributed by atoms with van der Waals surface area (Å²) >= 11 is 0. The van der Waals surface area contributed by atoms with Crippen molar-refractivity contribution in [3.63, 3.8) is 0 Å². The second kappa shape index (κ2) is 7.78. The van der Waals surface area contributed by atoms with E-state index in [2.05, 4.69) is 5.32 Å². The topological polar surface area (TPSA) is 64.3 Å². The lowest BCUT2D eigenvalue weighted by atomic mass is 10.1. The highest BCUT2D eigenvalue weighted by molar-refractivity contribution is 5.97. The van der Waals surface area contributed by atoms with Crippen LogP contribution in [-0.4, -0.2) is 24.6 Å². The van der Waals surface area contributed by atoms with E-state index in [1.54, 1.807) is 24.3 Å². The van der Waals surface area contributed by atoms with Crippen LogP contribution in [-0.2, 0) is 0 Å². The molecule has 0 radical (unpaired) electrons. The van der Waals surface area contributed by atoms with Gasteiger partial charge in [0.05, 0.1) is 11.9 Å². The number of halogens is 1. The van der Waals surface area contributed by atoms with Gasteiger partial charge in [0.2, 0.25) is 0 Å². The first-order chi connectivity index (χ1) is 9.87. The summed E-state index contributed by atoms with van der Waals surface area (Å²) in [6, 6.07) is 6.90. The number of carbonyl (C=O) groups is 1. The number of hydrogen-bond acceptors (Lipinski definition) is 3. The minimum Gasteiger partial charge on any atom is -0.488 e. The summed E-state index contributed by atoms with van der Waals surface area (Å²) in [5, 5.41) is 2.87. The van der Waals surface area contributed by atoms with E-state index in [0.29, 0.717) is 36.2 Å². The molecule has 0 aliphatic carbocycles. The molecule has 0 spiro atoms. The summed E-state index contributed by atoms with van der Waals surface area (Å²) in [6.07, 6.45) is 0.928. The van der Waals surface area contributed by atoms with Crippen LogP contribution in [0.15, 0.2) is 36.2 Å². The van der Waals surface area contributed by atoms with E-state index >= 15 is 0 Å². The first-order valence-corrected chi connectivity index (χ1v) is 6.90. The highest BCUT2D eigenvalue weighted by Gasteiger charge is 2.18. The molecule has 1 aromatic carbocycles. The minimum atomic E-state index is -0.340. The molecule has 0 unspecified atom stereocenters. The van der Waals surface area contributed by atoms with Crippen LogP contribution in [0.2, 0.25) is 0 Å². The first-order valence-electron chi connectivity index (χ1n) is 6.90. The number of benzene rings is 1. The molecule has 3 N–H and O–H groups in total. The van der Waals surface area contributed by atoms with Crippen LogP contribution in [0.1, 0.15) is 37.6 Å². The van der Waals surface area contributed by atoms with Crippen LogP contribution >= 0.6 is 0 Å². The minimum absolute atomic E-state index is 0.0769. The molecule has 0 heterocycles. The Morgan fingerprint density at radius 1 is 1.38 bits per heavy atom. The van der Waals surface area contributed by atoms with Crippen molar-refractivity contribution in [1.82, 2.24) is 5.32 Å². The van der Waals surface area contributed by atoms with E-state index in [1.807, 2.05) is 20.8 Å². The molecule has 0 bridgehead atoms. The second-order valence-electron chi connectivity index (χ2n) is 5.79. The number of nitrogens with two attached hydrogens (primary N) is 1. The molecule has 0 aliphatic rings. The zero-order chi connectivity index (χ0) is 15.9. The smallest absolute Gasteiger partial charge is 0.255 e. The van der Waals surface area contributed by atoms with Crippen LogP contribution in [0.3, 0.4) is 0 Å². The standard InChI is InChI=1S/C16H23FN2O2/c1-16(2,3)19-15(20)13-6-4-5-7-14(13)21-11-12(10-17)8-9-18/h4-7,10H,8-9,11,18H2,1-3H3,(H,19,20)/b12-10+. The van der Waals surface area contributed by atoms with Crippen molar-refractivity contribution in [1.29, 1.82) is 0 Å². The largest absolute Gasteiger partial charge is 0.488 e. The van der Waals surface area contributed by atoms with Crippen molar-refractivity contribution in [2.24, 2.45) is 5.73 Å². The van der Waals surface area contributed by atoms with E-state index in [0.717, 1.165) is 0 Å². The summed E-state index contributed by atoms with van der Waals surface area (Å²) in [6.45, 7) is 6.14. The Morgan fingerprint density at radius 2 is 2.05 bits per heavy atom. The number of ether oxygens (including phenoxy) is 1. The lowest BCUT2D eigenvalue weighted by molar-refractivity contribution is 0.0916. The number of hydrogen-bond donors (Lipinski definition) is 2. The Labute approximate surface area is 125 Å². The molecule has 21 heavy (non-hydrogen) atoms. The molecule has 116 valence electrons. The summed E-state index contributed by atoms with van der Waals surface area (Å²) in [5.41, 5.74) is 5.95.